The van der Waals surface area contributed by atoms with Crippen LogP contribution in [-0.4, -0.2) is 33.7 Å². The number of tetrazole rings is 1. The zero-order chi connectivity index (χ0) is 8.97. The summed E-state index contributed by atoms with van der Waals surface area (Å²) >= 11 is 0. The number of H-pyrrole nitrogens is 1. The molecule has 1 aromatic heterocycles. The van der Waals surface area contributed by atoms with Crippen molar-refractivity contribution in [3.63, 3.8) is 0 Å². The molecule has 0 saturated carbocycles. The van der Waals surface area contributed by atoms with Crippen molar-refractivity contribution >= 4 is 6.03 Å². The second kappa shape index (κ2) is 3.65. The van der Waals surface area contributed by atoms with Gasteiger partial charge in [-0.2, -0.15) is 5.21 Å². The molecule has 0 aromatic carbocycles. The van der Waals surface area contributed by atoms with Crippen LogP contribution in [0.15, 0.2) is 0 Å². The van der Waals surface area contributed by atoms with Gasteiger partial charge in [0.05, 0.1) is 6.04 Å². The van der Waals surface area contributed by atoms with Gasteiger partial charge in [-0.25, -0.2) is 4.79 Å². The Balaban J connectivity index is 2.49. The molecule has 0 saturated heterocycles. The van der Waals surface area contributed by atoms with E-state index < -0.39 is 0 Å². The van der Waals surface area contributed by atoms with Gasteiger partial charge in [0.15, 0.2) is 5.82 Å². The average Bonchev–Trinajstić information content (AvgIpc) is 2.56. The minimum Gasteiger partial charge on any atom is -0.341 e. The van der Waals surface area contributed by atoms with Crippen LogP contribution in [0.5, 0.6) is 0 Å². The molecule has 0 spiro atoms. The molecule has 0 aliphatic carbocycles. The van der Waals surface area contributed by atoms with E-state index >= 15 is 0 Å². The first-order valence-electron chi connectivity index (χ1n) is 3.45. The van der Waals surface area contributed by atoms with Crippen LogP contribution in [0.4, 0.5) is 4.79 Å². The van der Waals surface area contributed by atoms with E-state index in [-0.39, 0.29) is 12.1 Å². The number of hydrogen-bond donors (Lipinski definition) is 3. The van der Waals surface area contributed by atoms with Crippen LogP contribution in [0.2, 0.25) is 0 Å². The monoisotopic (exact) mass is 170 g/mol. The minimum atomic E-state index is -0.271. The summed E-state index contributed by atoms with van der Waals surface area (Å²) in [5.74, 6) is 0.457. The van der Waals surface area contributed by atoms with Gasteiger partial charge in [0, 0.05) is 7.05 Å². The van der Waals surface area contributed by atoms with Crippen molar-refractivity contribution < 1.29 is 4.79 Å². The van der Waals surface area contributed by atoms with Crippen LogP contribution in [0, 0.1) is 0 Å². The predicted molar refractivity (Wildman–Crippen MR) is 40.2 cm³/mol. The molecule has 1 heterocycles. The second-order valence-corrected chi connectivity index (χ2v) is 2.22. The van der Waals surface area contributed by atoms with Gasteiger partial charge in [-0.1, -0.05) is 5.21 Å². The highest BCUT2D eigenvalue weighted by Crippen LogP contribution is 2.01. The highest BCUT2D eigenvalue weighted by molar-refractivity contribution is 5.73. The topological polar surface area (TPSA) is 95.6 Å². The average molecular weight is 170 g/mol. The molecule has 1 rings (SSSR count). The molecule has 0 aliphatic rings. The zero-order valence-corrected chi connectivity index (χ0v) is 6.83. The summed E-state index contributed by atoms with van der Waals surface area (Å²) in [4.78, 5) is 10.8. The van der Waals surface area contributed by atoms with Crippen LogP contribution >= 0.6 is 0 Å². The minimum absolute atomic E-state index is 0.247. The Morgan fingerprint density at radius 2 is 2.42 bits per heavy atom. The van der Waals surface area contributed by atoms with E-state index in [9.17, 15) is 4.79 Å². The van der Waals surface area contributed by atoms with Crippen LogP contribution in [0.25, 0.3) is 0 Å². The summed E-state index contributed by atoms with van der Waals surface area (Å²) in [5.41, 5.74) is 0. The Hall–Kier alpha value is -1.66. The number of hydrogen-bond acceptors (Lipinski definition) is 4. The van der Waals surface area contributed by atoms with E-state index in [0.717, 1.165) is 0 Å². The second-order valence-electron chi connectivity index (χ2n) is 2.22. The fourth-order valence-electron chi connectivity index (χ4n) is 0.686. The number of nitrogens with one attached hydrogen (secondary N) is 3. The Labute approximate surface area is 68.9 Å². The summed E-state index contributed by atoms with van der Waals surface area (Å²) in [6, 6.07) is -0.518. The molecule has 1 aromatic rings. The lowest BCUT2D eigenvalue weighted by atomic mass is 10.3. The summed E-state index contributed by atoms with van der Waals surface area (Å²) in [5, 5.41) is 18.1. The lowest BCUT2D eigenvalue weighted by molar-refractivity contribution is 0.239. The zero-order valence-electron chi connectivity index (χ0n) is 6.83. The molecule has 7 heteroatoms. The van der Waals surface area contributed by atoms with Gasteiger partial charge in [0.2, 0.25) is 0 Å². The smallest absolute Gasteiger partial charge is 0.315 e. The van der Waals surface area contributed by atoms with Crippen molar-refractivity contribution in [3.05, 3.63) is 5.82 Å². The maximum Gasteiger partial charge on any atom is 0.315 e. The van der Waals surface area contributed by atoms with Crippen molar-refractivity contribution in [1.29, 1.82) is 0 Å². The van der Waals surface area contributed by atoms with E-state index in [1.807, 2.05) is 0 Å². The third-order valence-electron chi connectivity index (χ3n) is 1.32. The van der Waals surface area contributed by atoms with Crippen LogP contribution in [0.3, 0.4) is 0 Å². The fraction of sp³-hybridized carbons (Fsp3) is 0.600. The Bertz CT molecular complexity index is 244. The quantitative estimate of drug-likeness (QED) is 0.541. The van der Waals surface area contributed by atoms with E-state index in [2.05, 4.69) is 31.3 Å². The predicted octanol–water partition coefficient (Wildman–Crippen LogP) is -0.810. The first-order valence-corrected chi connectivity index (χ1v) is 3.45. The lowest BCUT2D eigenvalue weighted by Gasteiger charge is -2.08. The maximum atomic E-state index is 10.8. The third-order valence-corrected chi connectivity index (χ3v) is 1.32. The standard InChI is InChI=1S/C5H10N6O/c1-3(7-5(12)6-2)4-8-10-11-9-4/h3H,1-2H3,(H2,6,7,12)(H,8,9,10,11). The third kappa shape index (κ3) is 1.91. The molecular formula is C5H10N6O. The van der Waals surface area contributed by atoms with Crippen molar-refractivity contribution in [2.24, 2.45) is 0 Å². The summed E-state index contributed by atoms with van der Waals surface area (Å²) < 4.78 is 0. The molecule has 1 atom stereocenters. The molecule has 0 radical (unpaired) electrons. The van der Waals surface area contributed by atoms with Gasteiger partial charge in [-0.05, 0) is 6.92 Å². The number of carbonyl (C=O) groups excluding carboxylic acids is 1. The van der Waals surface area contributed by atoms with Gasteiger partial charge in [0.1, 0.15) is 0 Å². The van der Waals surface area contributed by atoms with Gasteiger partial charge in [0.25, 0.3) is 0 Å². The van der Waals surface area contributed by atoms with E-state index in [1.54, 1.807) is 6.92 Å². The van der Waals surface area contributed by atoms with Gasteiger partial charge in [-0.15, -0.1) is 10.2 Å². The Morgan fingerprint density at radius 1 is 1.67 bits per heavy atom. The first kappa shape index (κ1) is 8.44. The highest BCUT2D eigenvalue weighted by Gasteiger charge is 2.11. The van der Waals surface area contributed by atoms with Crippen molar-refractivity contribution in [2.45, 2.75) is 13.0 Å². The number of urea groups is 1. The number of carbonyl (C=O) groups is 1. The summed E-state index contributed by atoms with van der Waals surface area (Å²) in [7, 11) is 1.54. The van der Waals surface area contributed by atoms with E-state index in [0.29, 0.717) is 5.82 Å². The summed E-state index contributed by atoms with van der Waals surface area (Å²) in [6.07, 6.45) is 0. The molecule has 12 heavy (non-hydrogen) atoms. The molecule has 0 fully saturated rings. The lowest BCUT2D eigenvalue weighted by Crippen LogP contribution is -2.35. The molecule has 2 amide bonds. The van der Waals surface area contributed by atoms with Gasteiger partial charge in [-0.3, -0.25) is 0 Å². The Kier molecular flexibility index (Phi) is 2.57. The van der Waals surface area contributed by atoms with E-state index in [4.69, 9.17) is 0 Å². The molecular weight excluding hydrogens is 160 g/mol. The molecule has 0 bridgehead atoms. The molecule has 1 unspecified atom stereocenters. The largest absolute Gasteiger partial charge is 0.341 e. The van der Waals surface area contributed by atoms with Crippen LogP contribution in [-0.2, 0) is 0 Å². The van der Waals surface area contributed by atoms with Crippen LogP contribution in [0.1, 0.15) is 18.8 Å². The van der Waals surface area contributed by atoms with Gasteiger partial charge < -0.3 is 10.6 Å². The number of rotatable bonds is 2. The summed E-state index contributed by atoms with van der Waals surface area (Å²) in [6.45, 7) is 1.76. The first-order chi connectivity index (χ1) is 5.74. The number of nitrogens with zero attached hydrogens (tertiary/aromatic N) is 3. The highest BCUT2D eigenvalue weighted by atomic mass is 16.2. The van der Waals surface area contributed by atoms with E-state index in [1.165, 1.54) is 7.05 Å². The fourth-order valence-corrected chi connectivity index (χ4v) is 0.686. The number of aromatic amines is 1. The van der Waals surface area contributed by atoms with Crippen molar-refractivity contribution in [1.82, 2.24) is 31.3 Å². The molecule has 7 nitrogen and oxygen atoms in total. The molecule has 66 valence electrons. The van der Waals surface area contributed by atoms with Gasteiger partial charge >= 0.3 is 6.03 Å². The number of amides is 2. The molecule has 3 N–H and O–H groups in total. The van der Waals surface area contributed by atoms with Crippen molar-refractivity contribution in [2.75, 3.05) is 7.05 Å². The SMILES string of the molecule is CNC(=O)NC(C)c1nn[nH]n1. The Morgan fingerprint density at radius 3 is 2.92 bits per heavy atom. The molecule has 0 aliphatic heterocycles. The van der Waals surface area contributed by atoms with Crippen molar-refractivity contribution in [3.8, 4) is 0 Å². The van der Waals surface area contributed by atoms with Crippen LogP contribution < -0.4 is 10.6 Å². The maximum absolute atomic E-state index is 10.8. The normalized spacial score (nSPS) is 12.2. The number of aromatic nitrogens is 4.